The zero-order valence-electron chi connectivity index (χ0n) is 26.3. The van der Waals surface area contributed by atoms with E-state index in [2.05, 4.69) is 10.6 Å². The number of Topliss-reactive ketones (excluding diaryl/α,β-unsaturated/α-hetero) is 1. The molecule has 4 amide bonds. The molecule has 1 unspecified atom stereocenters. The number of ether oxygens (including phenoxy) is 2. The number of carbonyl (C=O) groups excluding carboxylic acids is 5. The number of amides is 4. The van der Waals surface area contributed by atoms with Crippen LogP contribution in [0.1, 0.15) is 90.5 Å². The number of benzene rings is 1. The summed E-state index contributed by atoms with van der Waals surface area (Å²) < 4.78 is 12.5. The largest absolute Gasteiger partial charge is 0.494 e. The predicted octanol–water partition coefficient (Wildman–Crippen LogP) is 2.57. The number of hydrogen-bond acceptors (Lipinski definition) is 7. The van der Waals surface area contributed by atoms with Crippen LogP contribution in [0.5, 0.6) is 5.75 Å². The van der Waals surface area contributed by atoms with Crippen LogP contribution in [0.25, 0.3) is 0 Å². The Kier molecular flexibility index (Phi) is 11.4. The Balaban J connectivity index is 1.66. The maximum atomic E-state index is 14.4. The molecule has 2 fully saturated rings. The SMILES string of the molecule is CCC[C@H](NC(=O)C1C[C@@H]2CN1C(=O)[C@H](C1CCCCC1)NC(=O)Cc1cccc(c1)OCCCC(C)(C)O2)C(=O)C(N)=O. The lowest BCUT2D eigenvalue weighted by molar-refractivity contribution is -0.144. The van der Waals surface area contributed by atoms with Crippen LogP contribution in [0.2, 0.25) is 0 Å². The molecule has 1 saturated heterocycles. The van der Waals surface area contributed by atoms with Gasteiger partial charge in [-0.2, -0.15) is 0 Å². The summed E-state index contributed by atoms with van der Waals surface area (Å²) in [6, 6.07) is 4.61. The fourth-order valence-electron chi connectivity index (χ4n) is 6.75. The van der Waals surface area contributed by atoms with E-state index in [1.54, 1.807) is 0 Å². The molecular weight excluding hydrogens is 564 g/mol. The molecule has 0 aromatic heterocycles. The Labute approximate surface area is 260 Å². The molecular formula is C33H48N4O7. The van der Waals surface area contributed by atoms with E-state index in [0.717, 1.165) is 37.7 Å². The summed E-state index contributed by atoms with van der Waals surface area (Å²) in [5.74, 6) is -2.51. The summed E-state index contributed by atoms with van der Waals surface area (Å²) in [5, 5.41) is 5.73. The Morgan fingerprint density at radius 3 is 2.59 bits per heavy atom. The van der Waals surface area contributed by atoms with E-state index >= 15 is 0 Å². The molecule has 44 heavy (non-hydrogen) atoms. The summed E-state index contributed by atoms with van der Waals surface area (Å²) in [6.45, 7) is 6.44. The van der Waals surface area contributed by atoms with Gasteiger partial charge in [-0.1, -0.05) is 44.7 Å². The smallest absolute Gasteiger partial charge is 0.287 e. The van der Waals surface area contributed by atoms with Gasteiger partial charge in [0.1, 0.15) is 17.8 Å². The standard InChI is InChI=1S/C33H48N4O7/c1-4-10-25(29(39)30(34)40)35-31(41)26-19-24-20-37(26)32(42)28(22-12-6-5-7-13-22)36-27(38)18-21-11-8-14-23(17-21)43-16-9-15-33(2,3)44-24/h8,11,14,17,22,24-26,28H,4-7,9-10,12-13,15-16,18-20H2,1-3H3,(H2,34,40)(H,35,41)(H,36,38)/t24-,25+,26?,28+/m1/s1. The molecule has 1 aliphatic carbocycles. The van der Waals surface area contributed by atoms with Gasteiger partial charge in [0.05, 0.1) is 30.8 Å². The lowest BCUT2D eigenvalue weighted by atomic mass is 9.83. The predicted molar refractivity (Wildman–Crippen MR) is 163 cm³/mol. The minimum atomic E-state index is -1.12. The van der Waals surface area contributed by atoms with Gasteiger partial charge in [-0.25, -0.2) is 0 Å². The first-order valence-electron chi connectivity index (χ1n) is 16.1. The summed E-state index contributed by atoms with van der Waals surface area (Å²) in [4.78, 5) is 67.2. The van der Waals surface area contributed by atoms with Crippen LogP contribution >= 0.6 is 0 Å². The lowest BCUT2D eigenvalue weighted by Gasteiger charge is -2.35. The van der Waals surface area contributed by atoms with Crippen LogP contribution in [-0.2, 0) is 35.1 Å². The van der Waals surface area contributed by atoms with Crippen molar-refractivity contribution >= 4 is 29.4 Å². The highest BCUT2D eigenvalue weighted by Crippen LogP contribution is 2.32. The van der Waals surface area contributed by atoms with Gasteiger partial charge in [-0.15, -0.1) is 0 Å². The van der Waals surface area contributed by atoms with Gasteiger partial charge < -0.3 is 30.7 Å². The third-order valence-corrected chi connectivity index (χ3v) is 8.95. The third kappa shape index (κ3) is 8.80. The van der Waals surface area contributed by atoms with Gasteiger partial charge in [0.15, 0.2) is 0 Å². The van der Waals surface area contributed by atoms with E-state index in [-0.39, 0.29) is 43.5 Å². The normalized spacial score (nSPS) is 25.7. The molecule has 0 radical (unpaired) electrons. The fraction of sp³-hybridized carbons (Fsp3) is 0.667. The minimum absolute atomic E-state index is 0.0682. The van der Waals surface area contributed by atoms with Gasteiger partial charge in [0.25, 0.3) is 5.91 Å². The zero-order chi connectivity index (χ0) is 31.9. The van der Waals surface area contributed by atoms with Crippen LogP contribution in [-0.4, -0.2) is 77.3 Å². The first-order chi connectivity index (χ1) is 21.0. The van der Waals surface area contributed by atoms with Crippen molar-refractivity contribution in [2.75, 3.05) is 13.2 Å². The number of fused-ring (bicyclic) bond motifs is 4. The van der Waals surface area contributed by atoms with Crippen molar-refractivity contribution in [2.45, 2.75) is 121 Å². The monoisotopic (exact) mass is 612 g/mol. The molecule has 1 saturated carbocycles. The maximum Gasteiger partial charge on any atom is 0.287 e. The maximum absolute atomic E-state index is 14.4. The molecule has 3 aliphatic rings. The average Bonchev–Trinajstić information content (AvgIpc) is 3.40. The minimum Gasteiger partial charge on any atom is -0.494 e. The van der Waals surface area contributed by atoms with Gasteiger partial charge in [0.2, 0.25) is 23.5 Å². The number of primary amides is 1. The molecule has 4 atom stereocenters. The van der Waals surface area contributed by atoms with Crippen LogP contribution in [0, 0.1) is 5.92 Å². The number of nitrogens with two attached hydrogens (primary N) is 1. The number of hydrogen-bond donors (Lipinski definition) is 3. The molecule has 0 spiro atoms. The molecule has 4 bridgehead atoms. The Bertz CT molecular complexity index is 1210. The van der Waals surface area contributed by atoms with Crippen LogP contribution in [0.4, 0.5) is 0 Å². The van der Waals surface area contributed by atoms with E-state index in [1.807, 2.05) is 45.0 Å². The van der Waals surface area contributed by atoms with Gasteiger partial charge in [0, 0.05) is 13.0 Å². The van der Waals surface area contributed by atoms with E-state index in [1.165, 1.54) is 4.90 Å². The molecule has 11 heteroatoms. The van der Waals surface area contributed by atoms with Crippen molar-refractivity contribution in [3.63, 3.8) is 0 Å². The van der Waals surface area contributed by atoms with Crippen molar-refractivity contribution in [2.24, 2.45) is 11.7 Å². The number of carbonyl (C=O) groups is 5. The van der Waals surface area contributed by atoms with Crippen molar-refractivity contribution in [3.05, 3.63) is 29.8 Å². The van der Waals surface area contributed by atoms with Gasteiger partial charge in [-0.05, 0) is 69.6 Å². The lowest BCUT2D eigenvalue weighted by Crippen LogP contribution is -2.58. The average molecular weight is 613 g/mol. The molecule has 1 aromatic rings. The first kappa shape index (κ1) is 33.4. The molecule has 11 nitrogen and oxygen atoms in total. The van der Waals surface area contributed by atoms with Crippen LogP contribution in [0.15, 0.2) is 24.3 Å². The summed E-state index contributed by atoms with van der Waals surface area (Å²) in [5.41, 5.74) is 5.48. The highest BCUT2D eigenvalue weighted by Gasteiger charge is 2.46. The Morgan fingerprint density at radius 1 is 1.14 bits per heavy atom. The molecule has 2 heterocycles. The van der Waals surface area contributed by atoms with E-state index in [0.29, 0.717) is 31.6 Å². The second-order valence-corrected chi connectivity index (χ2v) is 13.0. The van der Waals surface area contributed by atoms with Gasteiger partial charge in [-0.3, -0.25) is 24.0 Å². The molecule has 242 valence electrons. The molecule has 2 aliphatic heterocycles. The Morgan fingerprint density at radius 2 is 1.89 bits per heavy atom. The van der Waals surface area contributed by atoms with Crippen LogP contribution < -0.4 is 21.1 Å². The highest BCUT2D eigenvalue weighted by atomic mass is 16.5. The number of ketones is 1. The molecule has 4 rings (SSSR count). The number of nitrogens with one attached hydrogen (secondary N) is 2. The van der Waals surface area contributed by atoms with Crippen LogP contribution in [0.3, 0.4) is 0 Å². The second-order valence-electron chi connectivity index (χ2n) is 13.0. The quantitative estimate of drug-likeness (QED) is 0.400. The topological polar surface area (TPSA) is 157 Å². The number of nitrogens with zero attached hydrogens (tertiary/aromatic N) is 1. The Hall–Kier alpha value is -3.47. The van der Waals surface area contributed by atoms with Crippen molar-refractivity contribution in [3.8, 4) is 5.75 Å². The van der Waals surface area contributed by atoms with E-state index in [4.69, 9.17) is 15.2 Å². The van der Waals surface area contributed by atoms with Crippen molar-refractivity contribution in [1.29, 1.82) is 0 Å². The summed E-state index contributed by atoms with van der Waals surface area (Å²) in [6.07, 6.45) is 6.63. The molecule has 1 aromatic carbocycles. The summed E-state index contributed by atoms with van der Waals surface area (Å²) in [7, 11) is 0. The summed E-state index contributed by atoms with van der Waals surface area (Å²) >= 11 is 0. The van der Waals surface area contributed by atoms with E-state index in [9.17, 15) is 24.0 Å². The van der Waals surface area contributed by atoms with E-state index < -0.39 is 47.4 Å². The third-order valence-electron chi connectivity index (χ3n) is 8.95. The zero-order valence-corrected chi connectivity index (χ0v) is 26.3. The number of rotatable bonds is 7. The van der Waals surface area contributed by atoms with Crippen molar-refractivity contribution in [1.82, 2.24) is 15.5 Å². The molecule has 4 N–H and O–H groups in total. The van der Waals surface area contributed by atoms with Gasteiger partial charge >= 0.3 is 0 Å². The fourth-order valence-corrected chi connectivity index (χ4v) is 6.75. The van der Waals surface area contributed by atoms with Crippen molar-refractivity contribution < 1.29 is 33.4 Å². The highest BCUT2D eigenvalue weighted by molar-refractivity contribution is 6.37. The second kappa shape index (κ2) is 15.0. The first-order valence-corrected chi connectivity index (χ1v) is 16.1.